The summed E-state index contributed by atoms with van der Waals surface area (Å²) in [5.41, 5.74) is 3.58. The predicted molar refractivity (Wildman–Crippen MR) is 78.3 cm³/mol. The maximum atomic E-state index is 13.5. The molecule has 2 amide bonds. The summed E-state index contributed by atoms with van der Waals surface area (Å²) in [6, 6.07) is 9.97. The van der Waals surface area contributed by atoms with E-state index in [-0.39, 0.29) is 6.61 Å². The number of fused-ring (bicyclic) bond motifs is 1. The number of carbonyl (C=O) groups excluding carboxylic acids is 2. The molecular formula is C16H12F2N2O4. The summed E-state index contributed by atoms with van der Waals surface area (Å²) in [5.74, 6) is -3.23. The largest absolute Gasteiger partial charge is 0.485 e. The Hall–Kier alpha value is -3.16. The Labute approximate surface area is 135 Å². The van der Waals surface area contributed by atoms with Gasteiger partial charge in [-0.15, -0.1) is 0 Å². The van der Waals surface area contributed by atoms with Gasteiger partial charge >= 0.3 is 0 Å². The van der Waals surface area contributed by atoms with E-state index < -0.39 is 35.1 Å². The fraction of sp³-hybridized carbons (Fsp3) is 0.125. The Kier molecular flexibility index (Phi) is 4.28. The van der Waals surface area contributed by atoms with Crippen molar-refractivity contribution in [3.63, 3.8) is 0 Å². The molecule has 3 rings (SSSR count). The van der Waals surface area contributed by atoms with E-state index >= 15 is 0 Å². The lowest BCUT2D eigenvalue weighted by Crippen LogP contribution is -2.51. The molecule has 1 atom stereocenters. The van der Waals surface area contributed by atoms with Crippen LogP contribution in [0.4, 0.5) is 8.78 Å². The minimum absolute atomic E-state index is 0.0486. The van der Waals surface area contributed by atoms with E-state index in [0.29, 0.717) is 11.5 Å². The van der Waals surface area contributed by atoms with Gasteiger partial charge in [-0.25, -0.2) is 8.78 Å². The molecule has 2 aromatic rings. The molecule has 0 bridgehead atoms. The number of para-hydroxylation sites is 2. The molecule has 1 aliphatic rings. The van der Waals surface area contributed by atoms with Crippen molar-refractivity contribution in [2.24, 2.45) is 0 Å². The molecule has 2 N–H and O–H groups in total. The molecule has 0 radical (unpaired) electrons. The van der Waals surface area contributed by atoms with Crippen molar-refractivity contribution in [1.82, 2.24) is 10.9 Å². The summed E-state index contributed by atoms with van der Waals surface area (Å²) < 4.78 is 37.4. The quantitative estimate of drug-likeness (QED) is 0.818. The maximum absolute atomic E-state index is 13.5. The number of amides is 2. The first-order valence-corrected chi connectivity index (χ1v) is 6.99. The molecule has 0 saturated heterocycles. The second-order valence-electron chi connectivity index (χ2n) is 4.91. The number of benzene rings is 2. The summed E-state index contributed by atoms with van der Waals surface area (Å²) in [6.07, 6.45) is -0.988. The summed E-state index contributed by atoms with van der Waals surface area (Å²) in [7, 11) is 0. The Balaban J connectivity index is 1.60. The van der Waals surface area contributed by atoms with Crippen LogP contribution in [0.3, 0.4) is 0 Å². The van der Waals surface area contributed by atoms with E-state index in [1.165, 1.54) is 6.07 Å². The van der Waals surface area contributed by atoms with Gasteiger partial charge in [0, 0.05) is 0 Å². The summed E-state index contributed by atoms with van der Waals surface area (Å²) >= 11 is 0. The molecule has 0 fully saturated rings. The van der Waals surface area contributed by atoms with Gasteiger partial charge in [0.25, 0.3) is 11.8 Å². The topological polar surface area (TPSA) is 76.7 Å². The van der Waals surface area contributed by atoms with E-state index in [4.69, 9.17) is 9.47 Å². The third-order valence-corrected chi connectivity index (χ3v) is 3.30. The van der Waals surface area contributed by atoms with Crippen LogP contribution in [0, 0.1) is 11.6 Å². The lowest BCUT2D eigenvalue weighted by atomic mass is 10.2. The Morgan fingerprint density at radius 1 is 1.00 bits per heavy atom. The second kappa shape index (κ2) is 6.53. The van der Waals surface area contributed by atoms with E-state index in [2.05, 4.69) is 5.43 Å². The fourth-order valence-electron chi connectivity index (χ4n) is 2.09. The number of nitrogens with one attached hydrogen (secondary N) is 2. The molecule has 1 unspecified atom stereocenters. The molecule has 24 heavy (non-hydrogen) atoms. The molecule has 2 aromatic carbocycles. The Morgan fingerprint density at radius 3 is 2.54 bits per heavy atom. The maximum Gasteiger partial charge on any atom is 0.283 e. The number of rotatable bonds is 2. The number of hydrazine groups is 1. The van der Waals surface area contributed by atoms with E-state index in [9.17, 15) is 18.4 Å². The number of hydrogen-bond acceptors (Lipinski definition) is 4. The van der Waals surface area contributed by atoms with Crippen LogP contribution in [0.1, 0.15) is 10.4 Å². The number of ether oxygens (including phenoxy) is 2. The minimum Gasteiger partial charge on any atom is -0.485 e. The van der Waals surface area contributed by atoms with Crippen LogP contribution >= 0.6 is 0 Å². The zero-order valence-corrected chi connectivity index (χ0v) is 12.2. The van der Waals surface area contributed by atoms with Crippen molar-refractivity contribution in [3.05, 3.63) is 59.7 Å². The monoisotopic (exact) mass is 334 g/mol. The van der Waals surface area contributed by atoms with Crippen LogP contribution in [-0.2, 0) is 4.79 Å². The third-order valence-electron chi connectivity index (χ3n) is 3.30. The zero-order chi connectivity index (χ0) is 17.1. The van der Waals surface area contributed by atoms with Crippen molar-refractivity contribution in [1.29, 1.82) is 0 Å². The van der Waals surface area contributed by atoms with Crippen LogP contribution in [0.5, 0.6) is 11.5 Å². The molecule has 8 heteroatoms. The van der Waals surface area contributed by atoms with Crippen LogP contribution in [-0.4, -0.2) is 24.5 Å². The summed E-state index contributed by atoms with van der Waals surface area (Å²) in [4.78, 5) is 23.8. The second-order valence-corrected chi connectivity index (χ2v) is 4.91. The lowest BCUT2D eigenvalue weighted by Gasteiger charge is -2.25. The van der Waals surface area contributed by atoms with Crippen molar-refractivity contribution in [3.8, 4) is 11.5 Å². The first-order chi connectivity index (χ1) is 11.6. The van der Waals surface area contributed by atoms with Crippen LogP contribution in [0.25, 0.3) is 0 Å². The molecule has 1 aliphatic heterocycles. The highest BCUT2D eigenvalue weighted by Gasteiger charge is 2.27. The van der Waals surface area contributed by atoms with Gasteiger partial charge in [0.1, 0.15) is 6.61 Å². The summed E-state index contributed by atoms with van der Waals surface area (Å²) in [6.45, 7) is -0.0486. The van der Waals surface area contributed by atoms with Gasteiger partial charge in [0.05, 0.1) is 5.56 Å². The molecule has 124 valence electrons. The zero-order valence-electron chi connectivity index (χ0n) is 12.2. The van der Waals surface area contributed by atoms with Gasteiger partial charge < -0.3 is 9.47 Å². The van der Waals surface area contributed by atoms with Gasteiger partial charge in [-0.2, -0.15) is 0 Å². The van der Waals surface area contributed by atoms with Gasteiger partial charge in [0.2, 0.25) is 6.10 Å². The van der Waals surface area contributed by atoms with Crippen LogP contribution in [0.15, 0.2) is 42.5 Å². The number of carbonyl (C=O) groups is 2. The smallest absolute Gasteiger partial charge is 0.283 e. The van der Waals surface area contributed by atoms with Gasteiger partial charge in [-0.3, -0.25) is 20.4 Å². The highest BCUT2D eigenvalue weighted by Crippen LogP contribution is 2.30. The van der Waals surface area contributed by atoms with E-state index in [0.717, 1.165) is 12.1 Å². The van der Waals surface area contributed by atoms with E-state index in [1.54, 1.807) is 24.3 Å². The van der Waals surface area contributed by atoms with Gasteiger partial charge in [-0.1, -0.05) is 18.2 Å². The van der Waals surface area contributed by atoms with Crippen molar-refractivity contribution >= 4 is 11.8 Å². The standard InChI is InChI=1S/C16H12F2N2O4/c17-10-5-3-4-9(14(10)18)15(21)19-20-16(22)13-8-23-11-6-1-2-7-12(11)24-13/h1-7,13H,8H2,(H,19,21)(H,20,22). The molecule has 6 nitrogen and oxygen atoms in total. The highest BCUT2D eigenvalue weighted by molar-refractivity contribution is 5.96. The Morgan fingerprint density at radius 2 is 1.75 bits per heavy atom. The first kappa shape index (κ1) is 15.7. The van der Waals surface area contributed by atoms with Crippen molar-refractivity contribution in [2.45, 2.75) is 6.10 Å². The average molecular weight is 334 g/mol. The fourth-order valence-corrected chi connectivity index (χ4v) is 2.09. The van der Waals surface area contributed by atoms with Crippen LogP contribution < -0.4 is 20.3 Å². The average Bonchev–Trinajstić information content (AvgIpc) is 2.61. The number of hydrogen-bond donors (Lipinski definition) is 2. The lowest BCUT2D eigenvalue weighted by molar-refractivity contribution is -0.131. The highest BCUT2D eigenvalue weighted by atomic mass is 19.2. The molecule has 1 heterocycles. The molecule has 0 aromatic heterocycles. The van der Waals surface area contributed by atoms with Crippen LogP contribution in [0.2, 0.25) is 0 Å². The van der Waals surface area contributed by atoms with Gasteiger partial charge in [0.15, 0.2) is 23.1 Å². The molecule has 0 aliphatic carbocycles. The van der Waals surface area contributed by atoms with Crippen molar-refractivity contribution < 1.29 is 27.8 Å². The predicted octanol–water partition coefficient (Wildman–Crippen LogP) is 1.57. The van der Waals surface area contributed by atoms with Gasteiger partial charge in [-0.05, 0) is 24.3 Å². The van der Waals surface area contributed by atoms with Crippen molar-refractivity contribution in [2.75, 3.05) is 6.61 Å². The minimum atomic E-state index is -1.30. The van der Waals surface area contributed by atoms with E-state index in [1.807, 2.05) is 5.43 Å². The summed E-state index contributed by atoms with van der Waals surface area (Å²) in [5, 5.41) is 0. The molecule has 0 saturated carbocycles. The first-order valence-electron chi connectivity index (χ1n) is 6.99. The number of halogens is 2. The normalized spacial score (nSPS) is 15.5. The molecule has 0 spiro atoms. The Bertz CT molecular complexity index is 797. The SMILES string of the molecule is O=C(NNC(=O)C1COc2ccccc2O1)c1cccc(F)c1F. The third kappa shape index (κ3) is 3.12. The molecular weight excluding hydrogens is 322 g/mol.